The summed E-state index contributed by atoms with van der Waals surface area (Å²) >= 11 is 0. The van der Waals surface area contributed by atoms with Crippen LogP contribution in [0.2, 0.25) is 0 Å². The molecule has 78 valence electrons. The molecule has 0 aliphatic carbocycles. The third kappa shape index (κ3) is 1.98. The Morgan fingerprint density at radius 1 is 1.60 bits per heavy atom. The van der Waals surface area contributed by atoms with Gasteiger partial charge >= 0.3 is 0 Å². The summed E-state index contributed by atoms with van der Waals surface area (Å²) < 4.78 is 7.44. The fraction of sp³-hybridized carbons (Fsp3) is 0.273. The Hall–Kier alpha value is -1.84. The molecule has 4 nitrogen and oxygen atoms in total. The second-order valence-corrected chi connectivity index (χ2v) is 3.27. The number of hydrogen-bond acceptors (Lipinski definition) is 3. The highest BCUT2D eigenvalue weighted by Crippen LogP contribution is 2.15. The van der Waals surface area contributed by atoms with Gasteiger partial charge in [0.1, 0.15) is 0 Å². The van der Waals surface area contributed by atoms with E-state index < -0.39 is 0 Å². The molecule has 0 aliphatic heterocycles. The van der Waals surface area contributed by atoms with Crippen LogP contribution in [0.25, 0.3) is 5.65 Å². The molecule has 2 heterocycles. The van der Waals surface area contributed by atoms with Crippen molar-refractivity contribution in [3.05, 3.63) is 36.9 Å². The number of hydrogen-bond donors (Lipinski definition) is 0. The third-order valence-corrected chi connectivity index (χ3v) is 2.02. The highest BCUT2D eigenvalue weighted by molar-refractivity contribution is 5.49. The van der Waals surface area contributed by atoms with E-state index in [1.54, 1.807) is 6.20 Å². The summed E-state index contributed by atoms with van der Waals surface area (Å²) in [7, 11) is 0. The number of aromatic nitrogens is 3. The fourth-order valence-corrected chi connectivity index (χ4v) is 1.36. The summed E-state index contributed by atoms with van der Waals surface area (Å²) in [5, 5.41) is 0. The van der Waals surface area contributed by atoms with Gasteiger partial charge in [-0.25, -0.2) is 9.97 Å². The lowest BCUT2D eigenvalue weighted by molar-refractivity contribution is 0.314. The molecule has 0 N–H and O–H groups in total. The molecule has 15 heavy (non-hydrogen) atoms. The maximum absolute atomic E-state index is 5.53. The van der Waals surface area contributed by atoms with Gasteiger partial charge in [-0.05, 0) is 13.3 Å². The van der Waals surface area contributed by atoms with E-state index >= 15 is 0 Å². The quantitative estimate of drug-likeness (QED) is 0.563. The Kier molecular flexibility index (Phi) is 2.67. The number of fused-ring (bicyclic) bond motifs is 1. The number of rotatable bonds is 4. The first-order valence-corrected chi connectivity index (χ1v) is 4.85. The lowest BCUT2D eigenvalue weighted by Crippen LogP contribution is -2.01. The second kappa shape index (κ2) is 4.13. The Labute approximate surface area is 88.2 Å². The van der Waals surface area contributed by atoms with Crippen LogP contribution >= 0.6 is 0 Å². The fourth-order valence-electron chi connectivity index (χ4n) is 1.36. The van der Waals surface area contributed by atoms with Crippen LogP contribution in [0.1, 0.15) is 12.1 Å². The monoisotopic (exact) mass is 203 g/mol. The van der Waals surface area contributed by atoms with Gasteiger partial charge in [-0.1, -0.05) is 6.08 Å². The van der Waals surface area contributed by atoms with E-state index in [9.17, 15) is 0 Å². The van der Waals surface area contributed by atoms with Crippen LogP contribution in [0.15, 0.2) is 31.2 Å². The Bertz CT molecular complexity index is 476. The molecule has 2 aromatic heterocycles. The van der Waals surface area contributed by atoms with Crippen LogP contribution in [0, 0.1) is 6.92 Å². The molecule has 0 atom stereocenters. The minimum atomic E-state index is 0.585. The maximum Gasteiger partial charge on any atom is 0.258 e. The first-order chi connectivity index (χ1) is 7.31. The molecule has 0 unspecified atom stereocenters. The standard InChI is InChI=1S/C11H13N3O/c1-3-4-7-15-11-10-12-5-6-14(10)8-9(2)13-11/h3,5-6,8H,1,4,7H2,2H3. The summed E-state index contributed by atoms with van der Waals surface area (Å²) in [6.45, 7) is 6.16. The maximum atomic E-state index is 5.53. The van der Waals surface area contributed by atoms with Crippen molar-refractivity contribution in [3.8, 4) is 5.88 Å². The van der Waals surface area contributed by atoms with Gasteiger partial charge in [0.25, 0.3) is 5.88 Å². The number of aryl methyl sites for hydroxylation is 1. The van der Waals surface area contributed by atoms with Gasteiger partial charge in [-0.3, -0.25) is 0 Å². The van der Waals surface area contributed by atoms with Crippen LogP contribution in [-0.4, -0.2) is 21.0 Å². The van der Waals surface area contributed by atoms with Crippen LogP contribution in [0.3, 0.4) is 0 Å². The van der Waals surface area contributed by atoms with Crippen molar-refractivity contribution in [2.75, 3.05) is 6.61 Å². The second-order valence-electron chi connectivity index (χ2n) is 3.27. The van der Waals surface area contributed by atoms with Crippen LogP contribution in [0.4, 0.5) is 0 Å². The lowest BCUT2D eigenvalue weighted by atomic mass is 10.4. The molecule has 0 aromatic carbocycles. The summed E-state index contributed by atoms with van der Waals surface area (Å²) in [5.74, 6) is 0.585. The smallest absolute Gasteiger partial charge is 0.258 e. The molecule has 0 saturated heterocycles. The van der Waals surface area contributed by atoms with Gasteiger partial charge in [0.15, 0.2) is 5.65 Å². The van der Waals surface area contributed by atoms with Crippen molar-refractivity contribution in [3.63, 3.8) is 0 Å². The first-order valence-electron chi connectivity index (χ1n) is 4.85. The summed E-state index contributed by atoms with van der Waals surface area (Å²) in [5.41, 5.74) is 1.67. The van der Waals surface area contributed by atoms with E-state index in [1.807, 2.05) is 29.8 Å². The average Bonchev–Trinajstić information content (AvgIpc) is 2.65. The summed E-state index contributed by atoms with van der Waals surface area (Å²) in [6.07, 6.45) is 8.16. The number of imidazole rings is 1. The molecule has 2 rings (SSSR count). The molecular formula is C11H13N3O. The van der Waals surface area contributed by atoms with Crippen molar-refractivity contribution < 1.29 is 4.74 Å². The Morgan fingerprint density at radius 3 is 3.27 bits per heavy atom. The molecule has 0 radical (unpaired) electrons. The zero-order chi connectivity index (χ0) is 10.7. The van der Waals surface area contributed by atoms with Crippen molar-refractivity contribution >= 4 is 5.65 Å². The van der Waals surface area contributed by atoms with Crippen molar-refractivity contribution in [2.24, 2.45) is 0 Å². The largest absolute Gasteiger partial charge is 0.475 e. The zero-order valence-electron chi connectivity index (χ0n) is 8.68. The molecule has 4 heteroatoms. The molecule has 0 bridgehead atoms. The molecular weight excluding hydrogens is 190 g/mol. The van der Waals surface area contributed by atoms with Crippen LogP contribution in [-0.2, 0) is 0 Å². The lowest BCUT2D eigenvalue weighted by Gasteiger charge is -2.05. The first kappa shape index (κ1) is 9.71. The van der Waals surface area contributed by atoms with Gasteiger partial charge in [0, 0.05) is 18.6 Å². The number of ether oxygens (including phenoxy) is 1. The van der Waals surface area contributed by atoms with E-state index in [4.69, 9.17) is 4.74 Å². The Balaban J connectivity index is 2.31. The normalized spacial score (nSPS) is 10.5. The van der Waals surface area contributed by atoms with E-state index in [0.717, 1.165) is 17.8 Å². The van der Waals surface area contributed by atoms with E-state index in [2.05, 4.69) is 16.5 Å². The minimum Gasteiger partial charge on any atom is -0.475 e. The van der Waals surface area contributed by atoms with Crippen molar-refractivity contribution in [2.45, 2.75) is 13.3 Å². The molecule has 0 aliphatic rings. The average molecular weight is 203 g/mol. The van der Waals surface area contributed by atoms with Gasteiger partial charge in [-0.2, -0.15) is 0 Å². The minimum absolute atomic E-state index is 0.585. The SMILES string of the molecule is C=CCCOc1nc(C)cn2ccnc12. The molecule has 0 amide bonds. The topological polar surface area (TPSA) is 39.4 Å². The highest BCUT2D eigenvalue weighted by Gasteiger charge is 2.05. The van der Waals surface area contributed by atoms with Crippen molar-refractivity contribution in [1.82, 2.24) is 14.4 Å². The summed E-state index contributed by atoms with van der Waals surface area (Å²) in [4.78, 5) is 8.49. The predicted octanol–water partition coefficient (Wildman–Crippen LogP) is 1.99. The molecule has 2 aromatic rings. The molecule has 0 saturated carbocycles. The predicted molar refractivity (Wildman–Crippen MR) is 58.0 cm³/mol. The van der Waals surface area contributed by atoms with E-state index in [1.165, 1.54) is 0 Å². The van der Waals surface area contributed by atoms with Gasteiger partial charge in [0.05, 0.1) is 12.3 Å². The molecule has 0 fully saturated rings. The Morgan fingerprint density at radius 2 is 2.47 bits per heavy atom. The van der Waals surface area contributed by atoms with Gasteiger partial charge < -0.3 is 9.14 Å². The van der Waals surface area contributed by atoms with Crippen LogP contribution < -0.4 is 4.74 Å². The van der Waals surface area contributed by atoms with Gasteiger partial charge in [-0.15, -0.1) is 6.58 Å². The highest BCUT2D eigenvalue weighted by atomic mass is 16.5. The third-order valence-electron chi connectivity index (χ3n) is 2.02. The summed E-state index contributed by atoms with van der Waals surface area (Å²) in [6, 6.07) is 0. The van der Waals surface area contributed by atoms with Crippen molar-refractivity contribution in [1.29, 1.82) is 0 Å². The van der Waals surface area contributed by atoms with Gasteiger partial charge in [0.2, 0.25) is 0 Å². The molecule has 0 spiro atoms. The van der Waals surface area contributed by atoms with E-state index in [-0.39, 0.29) is 0 Å². The van der Waals surface area contributed by atoms with E-state index in [0.29, 0.717) is 12.5 Å². The zero-order valence-corrected chi connectivity index (χ0v) is 8.68. The van der Waals surface area contributed by atoms with Crippen LogP contribution in [0.5, 0.6) is 5.88 Å². The number of nitrogens with zero attached hydrogens (tertiary/aromatic N) is 3.